The Labute approximate surface area is 86.3 Å². The number of nitrogens with zero attached hydrogens (tertiary/aromatic N) is 1. The highest BCUT2D eigenvalue weighted by Gasteiger charge is 2.30. The van der Waals surface area contributed by atoms with Crippen molar-refractivity contribution in [2.24, 2.45) is 0 Å². The molecule has 1 aliphatic rings. The molecule has 1 aliphatic heterocycles. The van der Waals surface area contributed by atoms with E-state index in [9.17, 15) is 8.42 Å². The van der Waals surface area contributed by atoms with Gasteiger partial charge < -0.3 is 4.74 Å². The van der Waals surface area contributed by atoms with Crippen LogP contribution < -0.4 is 0 Å². The summed E-state index contributed by atoms with van der Waals surface area (Å²) in [6, 6.07) is 0.0242. The van der Waals surface area contributed by atoms with E-state index in [1.165, 1.54) is 4.31 Å². The fourth-order valence-electron chi connectivity index (χ4n) is 1.55. The maximum absolute atomic E-state index is 11.5. The van der Waals surface area contributed by atoms with Crippen molar-refractivity contribution in [3.8, 4) is 0 Å². The Morgan fingerprint density at radius 1 is 1.50 bits per heavy atom. The van der Waals surface area contributed by atoms with E-state index in [0.717, 1.165) is 12.8 Å². The summed E-state index contributed by atoms with van der Waals surface area (Å²) in [5.41, 5.74) is 0. The Morgan fingerprint density at radius 3 is 2.71 bits per heavy atom. The molecular formula is C9H19NO3S. The fraction of sp³-hybridized carbons (Fsp3) is 1.00. The molecule has 0 aliphatic carbocycles. The molecule has 1 saturated heterocycles. The SMILES string of the molecule is CC(C)OCC1CCCS(=O)(=O)N1C. The Hall–Kier alpha value is -0.130. The van der Waals surface area contributed by atoms with E-state index in [2.05, 4.69) is 0 Å². The van der Waals surface area contributed by atoms with Gasteiger partial charge in [-0.05, 0) is 26.7 Å². The van der Waals surface area contributed by atoms with Gasteiger partial charge in [-0.25, -0.2) is 8.42 Å². The van der Waals surface area contributed by atoms with Gasteiger partial charge in [-0.3, -0.25) is 0 Å². The van der Waals surface area contributed by atoms with Crippen LogP contribution in [-0.4, -0.2) is 44.3 Å². The van der Waals surface area contributed by atoms with Gasteiger partial charge in [-0.1, -0.05) is 0 Å². The van der Waals surface area contributed by atoms with Crippen LogP contribution in [0.3, 0.4) is 0 Å². The van der Waals surface area contributed by atoms with E-state index < -0.39 is 10.0 Å². The van der Waals surface area contributed by atoms with Crippen molar-refractivity contribution in [2.45, 2.75) is 38.8 Å². The Morgan fingerprint density at radius 2 is 2.14 bits per heavy atom. The lowest BCUT2D eigenvalue weighted by Crippen LogP contribution is -2.45. The molecule has 1 heterocycles. The molecule has 14 heavy (non-hydrogen) atoms. The molecule has 1 atom stereocenters. The largest absolute Gasteiger partial charge is 0.377 e. The summed E-state index contributed by atoms with van der Waals surface area (Å²) in [6.45, 7) is 4.42. The van der Waals surface area contributed by atoms with Crippen LogP contribution in [0, 0.1) is 0 Å². The highest BCUT2D eigenvalue weighted by Crippen LogP contribution is 2.18. The molecule has 1 unspecified atom stereocenters. The monoisotopic (exact) mass is 221 g/mol. The third-order valence-corrected chi connectivity index (χ3v) is 4.49. The second-order valence-electron chi connectivity index (χ2n) is 4.01. The number of hydrogen-bond acceptors (Lipinski definition) is 3. The highest BCUT2D eigenvalue weighted by molar-refractivity contribution is 7.89. The van der Waals surface area contributed by atoms with Crippen molar-refractivity contribution in [3.63, 3.8) is 0 Å². The normalized spacial score (nSPS) is 28.1. The number of rotatable bonds is 3. The van der Waals surface area contributed by atoms with Crippen molar-refractivity contribution in [2.75, 3.05) is 19.4 Å². The first-order valence-electron chi connectivity index (χ1n) is 5.01. The maximum Gasteiger partial charge on any atom is 0.214 e. The number of ether oxygens (including phenoxy) is 1. The summed E-state index contributed by atoms with van der Waals surface area (Å²) >= 11 is 0. The first-order valence-corrected chi connectivity index (χ1v) is 6.61. The van der Waals surface area contributed by atoms with E-state index in [-0.39, 0.29) is 17.9 Å². The first-order chi connectivity index (χ1) is 6.43. The average Bonchev–Trinajstić information content (AvgIpc) is 2.07. The van der Waals surface area contributed by atoms with Crippen LogP contribution in [0.5, 0.6) is 0 Å². The summed E-state index contributed by atoms with van der Waals surface area (Å²) in [5.74, 6) is 0.279. The molecule has 0 amide bonds. The summed E-state index contributed by atoms with van der Waals surface area (Å²) < 4.78 is 29.9. The molecule has 0 bridgehead atoms. The van der Waals surface area contributed by atoms with Crippen LogP contribution in [0.15, 0.2) is 0 Å². The zero-order chi connectivity index (χ0) is 10.8. The second kappa shape index (κ2) is 4.59. The van der Waals surface area contributed by atoms with Crippen LogP contribution in [0.4, 0.5) is 0 Å². The molecule has 1 fully saturated rings. The summed E-state index contributed by atoms with van der Waals surface area (Å²) in [6.07, 6.45) is 1.81. The zero-order valence-electron chi connectivity index (χ0n) is 9.06. The van der Waals surface area contributed by atoms with Crippen LogP contribution in [0.1, 0.15) is 26.7 Å². The molecule has 0 spiro atoms. The third-order valence-electron chi connectivity index (χ3n) is 2.51. The van der Waals surface area contributed by atoms with Crippen LogP contribution in [-0.2, 0) is 14.8 Å². The van der Waals surface area contributed by atoms with Crippen molar-refractivity contribution in [3.05, 3.63) is 0 Å². The molecule has 1 rings (SSSR count). The van der Waals surface area contributed by atoms with E-state index >= 15 is 0 Å². The van der Waals surface area contributed by atoms with Gasteiger partial charge in [0, 0.05) is 13.1 Å². The van der Waals surface area contributed by atoms with Gasteiger partial charge in [0.15, 0.2) is 0 Å². The lowest BCUT2D eigenvalue weighted by atomic mass is 10.2. The molecule has 0 aromatic heterocycles. The lowest BCUT2D eigenvalue weighted by Gasteiger charge is -2.31. The topological polar surface area (TPSA) is 46.6 Å². The predicted molar refractivity (Wildman–Crippen MR) is 55.7 cm³/mol. The Bertz CT molecular complexity index is 274. The molecule has 5 heteroatoms. The minimum absolute atomic E-state index is 0.0242. The van der Waals surface area contributed by atoms with Gasteiger partial charge in [0.2, 0.25) is 10.0 Å². The van der Waals surface area contributed by atoms with Crippen LogP contribution in [0.25, 0.3) is 0 Å². The Balaban J connectivity index is 2.53. The zero-order valence-corrected chi connectivity index (χ0v) is 9.88. The minimum Gasteiger partial charge on any atom is -0.377 e. The maximum atomic E-state index is 11.5. The number of likely N-dealkylation sites (N-methyl/N-ethyl adjacent to an activating group) is 1. The van der Waals surface area contributed by atoms with E-state index in [0.29, 0.717) is 6.61 Å². The standard InChI is InChI=1S/C9H19NO3S/c1-8(2)13-7-9-5-4-6-14(11,12)10(9)3/h8-9H,4-7H2,1-3H3. The van der Waals surface area contributed by atoms with Gasteiger partial charge >= 0.3 is 0 Å². The minimum atomic E-state index is -3.01. The quantitative estimate of drug-likeness (QED) is 0.709. The first kappa shape index (κ1) is 11.9. The molecule has 0 aromatic carbocycles. The number of sulfonamides is 1. The summed E-state index contributed by atoms with van der Waals surface area (Å²) in [5, 5.41) is 0. The van der Waals surface area contributed by atoms with Crippen molar-refractivity contribution < 1.29 is 13.2 Å². The molecular weight excluding hydrogens is 202 g/mol. The van der Waals surface area contributed by atoms with E-state index in [1.807, 2.05) is 13.8 Å². The molecule has 4 nitrogen and oxygen atoms in total. The van der Waals surface area contributed by atoms with E-state index in [4.69, 9.17) is 4.74 Å². The number of hydrogen-bond donors (Lipinski definition) is 0. The molecule has 0 aromatic rings. The van der Waals surface area contributed by atoms with Crippen LogP contribution in [0.2, 0.25) is 0 Å². The van der Waals surface area contributed by atoms with Gasteiger partial charge in [0.25, 0.3) is 0 Å². The average molecular weight is 221 g/mol. The van der Waals surface area contributed by atoms with Crippen molar-refractivity contribution >= 4 is 10.0 Å². The third kappa shape index (κ3) is 2.93. The molecule has 0 radical (unpaired) electrons. The predicted octanol–water partition coefficient (Wildman–Crippen LogP) is 0.835. The molecule has 84 valence electrons. The molecule has 0 saturated carbocycles. The highest BCUT2D eigenvalue weighted by atomic mass is 32.2. The molecule has 0 N–H and O–H groups in total. The Kier molecular flexibility index (Phi) is 3.92. The summed E-state index contributed by atoms with van der Waals surface area (Å²) in [4.78, 5) is 0. The van der Waals surface area contributed by atoms with Gasteiger partial charge in [-0.15, -0.1) is 0 Å². The van der Waals surface area contributed by atoms with E-state index in [1.54, 1.807) is 7.05 Å². The van der Waals surface area contributed by atoms with Crippen molar-refractivity contribution in [1.82, 2.24) is 4.31 Å². The smallest absolute Gasteiger partial charge is 0.214 e. The van der Waals surface area contributed by atoms with Crippen LogP contribution >= 0.6 is 0 Å². The van der Waals surface area contributed by atoms with Crippen molar-refractivity contribution in [1.29, 1.82) is 0 Å². The van der Waals surface area contributed by atoms with Gasteiger partial charge in [-0.2, -0.15) is 4.31 Å². The lowest BCUT2D eigenvalue weighted by molar-refractivity contribution is 0.0445. The summed E-state index contributed by atoms with van der Waals surface area (Å²) in [7, 11) is -1.36. The van der Waals surface area contributed by atoms with Gasteiger partial charge in [0.1, 0.15) is 0 Å². The fourth-order valence-corrected chi connectivity index (χ4v) is 2.99. The van der Waals surface area contributed by atoms with Gasteiger partial charge in [0.05, 0.1) is 18.5 Å². The second-order valence-corrected chi connectivity index (χ2v) is 6.16.